The smallest absolute Gasteiger partial charge is 0.325 e. The van der Waals surface area contributed by atoms with E-state index in [2.05, 4.69) is 11.4 Å². The standard InChI is InChI=1S/C25H24N4O4S/c30-21(28-12-5-6-16(14-28)22-26-18-8-2-4-10-20(18)34-22)15-29-23(31)25(27-24(29)32)11-13-33-19-9-3-1-7-17(19)25/h1-4,7-10,16H,5-6,11-15H2,(H,27,32)/t16-,25-/m0/s1. The Bertz CT molecular complexity index is 1270. The number of thiazole rings is 1. The van der Waals surface area contributed by atoms with E-state index in [9.17, 15) is 14.4 Å². The Morgan fingerprint density at radius 1 is 1.18 bits per heavy atom. The van der Waals surface area contributed by atoms with Gasteiger partial charge in [-0.2, -0.15) is 0 Å². The average molecular weight is 477 g/mol. The molecule has 3 aliphatic heterocycles. The van der Waals surface area contributed by atoms with Gasteiger partial charge in [0.25, 0.3) is 5.91 Å². The molecule has 8 nitrogen and oxygen atoms in total. The lowest BCUT2D eigenvalue weighted by molar-refractivity contribution is -0.140. The van der Waals surface area contributed by atoms with Crippen molar-refractivity contribution < 1.29 is 19.1 Å². The topological polar surface area (TPSA) is 91.8 Å². The minimum absolute atomic E-state index is 0.159. The molecule has 34 heavy (non-hydrogen) atoms. The molecule has 3 aliphatic rings. The van der Waals surface area contributed by atoms with E-state index >= 15 is 0 Å². The summed E-state index contributed by atoms with van der Waals surface area (Å²) in [6.45, 7) is 1.22. The van der Waals surface area contributed by atoms with Crippen molar-refractivity contribution >= 4 is 39.4 Å². The van der Waals surface area contributed by atoms with Crippen molar-refractivity contribution in [3.05, 3.63) is 59.1 Å². The molecule has 0 unspecified atom stereocenters. The number of hydrogen-bond donors (Lipinski definition) is 1. The molecule has 0 aliphatic carbocycles. The lowest BCUT2D eigenvalue weighted by Gasteiger charge is -2.34. The van der Waals surface area contributed by atoms with Gasteiger partial charge in [-0.3, -0.25) is 14.5 Å². The molecule has 4 heterocycles. The Hall–Kier alpha value is -3.46. The van der Waals surface area contributed by atoms with Gasteiger partial charge < -0.3 is 15.0 Å². The zero-order chi connectivity index (χ0) is 23.3. The summed E-state index contributed by atoms with van der Waals surface area (Å²) in [7, 11) is 0. The van der Waals surface area contributed by atoms with Crippen LogP contribution in [0.2, 0.25) is 0 Å². The second-order valence-corrected chi connectivity index (χ2v) is 10.1. The highest BCUT2D eigenvalue weighted by atomic mass is 32.1. The van der Waals surface area contributed by atoms with Gasteiger partial charge >= 0.3 is 6.03 Å². The Labute approximate surface area is 200 Å². The maximum atomic E-state index is 13.5. The minimum Gasteiger partial charge on any atom is -0.493 e. The van der Waals surface area contributed by atoms with E-state index in [1.165, 1.54) is 0 Å². The van der Waals surface area contributed by atoms with Crippen LogP contribution in [0.5, 0.6) is 5.75 Å². The number of carbonyl (C=O) groups is 3. The predicted octanol–water partition coefficient (Wildman–Crippen LogP) is 3.23. The van der Waals surface area contributed by atoms with Crippen molar-refractivity contribution in [3.8, 4) is 5.75 Å². The monoisotopic (exact) mass is 476 g/mol. The van der Waals surface area contributed by atoms with Gasteiger partial charge in [-0.25, -0.2) is 9.78 Å². The van der Waals surface area contributed by atoms with Crippen LogP contribution in [-0.2, 0) is 15.1 Å². The predicted molar refractivity (Wildman–Crippen MR) is 127 cm³/mol. The van der Waals surface area contributed by atoms with Crippen LogP contribution in [0.1, 0.15) is 35.8 Å². The SMILES string of the molecule is O=C(CN1C(=O)N[C@]2(CCOc3ccccc32)C1=O)N1CCC[C@H](c2nc3ccccc3s2)C1. The van der Waals surface area contributed by atoms with Crippen LogP contribution in [0.25, 0.3) is 10.2 Å². The van der Waals surface area contributed by atoms with E-state index in [0.29, 0.717) is 37.4 Å². The molecule has 0 saturated carbocycles. The third kappa shape index (κ3) is 3.34. The van der Waals surface area contributed by atoms with Crippen molar-refractivity contribution in [1.82, 2.24) is 20.1 Å². The molecule has 0 bridgehead atoms. The van der Waals surface area contributed by atoms with Gasteiger partial charge in [-0.15, -0.1) is 11.3 Å². The molecule has 3 aromatic rings. The fourth-order valence-electron chi connectivity index (χ4n) is 5.22. The number of urea groups is 1. The van der Waals surface area contributed by atoms with Crippen LogP contribution in [0.15, 0.2) is 48.5 Å². The van der Waals surface area contributed by atoms with E-state index in [0.717, 1.165) is 33.0 Å². The summed E-state index contributed by atoms with van der Waals surface area (Å²) in [5.41, 5.74) is 0.452. The molecule has 2 aromatic carbocycles. The third-order valence-corrected chi connectivity index (χ3v) is 8.18. The molecule has 174 valence electrons. The molecule has 1 aromatic heterocycles. The van der Waals surface area contributed by atoms with Crippen LogP contribution in [0, 0.1) is 0 Å². The molecule has 1 spiro atoms. The molecule has 4 amide bonds. The summed E-state index contributed by atoms with van der Waals surface area (Å²) < 4.78 is 6.82. The van der Waals surface area contributed by atoms with Crippen molar-refractivity contribution in [1.29, 1.82) is 0 Å². The van der Waals surface area contributed by atoms with Crippen molar-refractivity contribution in [3.63, 3.8) is 0 Å². The number of imide groups is 1. The lowest BCUT2D eigenvalue weighted by atomic mass is 9.84. The average Bonchev–Trinajstić information content (AvgIpc) is 3.40. The fraction of sp³-hybridized carbons (Fsp3) is 0.360. The van der Waals surface area contributed by atoms with Gasteiger partial charge in [-0.1, -0.05) is 30.3 Å². The fourth-order valence-corrected chi connectivity index (χ4v) is 6.31. The number of piperidine rings is 1. The van der Waals surface area contributed by atoms with Crippen LogP contribution < -0.4 is 10.1 Å². The quantitative estimate of drug-likeness (QED) is 0.586. The van der Waals surface area contributed by atoms with E-state index in [-0.39, 0.29) is 24.3 Å². The van der Waals surface area contributed by atoms with Gasteiger partial charge in [-0.05, 0) is 31.0 Å². The normalized spacial score (nSPS) is 24.3. The Morgan fingerprint density at radius 3 is 2.88 bits per heavy atom. The molecule has 2 fully saturated rings. The number of rotatable bonds is 3. The highest BCUT2D eigenvalue weighted by Crippen LogP contribution is 2.41. The summed E-state index contributed by atoms with van der Waals surface area (Å²) in [5.74, 6) is 0.144. The van der Waals surface area contributed by atoms with Crippen molar-refractivity contribution in [2.24, 2.45) is 0 Å². The van der Waals surface area contributed by atoms with E-state index in [1.54, 1.807) is 28.4 Å². The van der Waals surface area contributed by atoms with Crippen molar-refractivity contribution in [2.45, 2.75) is 30.7 Å². The lowest BCUT2D eigenvalue weighted by Crippen LogP contribution is -2.49. The first kappa shape index (κ1) is 21.1. The number of aromatic nitrogens is 1. The summed E-state index contributed by atoms with van der Waals surface area (Å²) in [6, 6.07) is 14.7. The Balaban J connectivity index is 1.19. The number of benzene rings is 2. The van der Waals surface area contributed by atoms with Gasteiger partial charge in [0.15, 0.2) is 5.54 Å². The highest BCUT2D eigenvalue weighted by Gasteiger charge is 2.55. The molecule has 0 radical (unpaired) electrons. The second kappa shape index (κ2) is 8.09. The summed E-state index contributed by atoms with van der Waals surface area (Å²) in [5, 5.41) is 3.90. The molecule has 1 N–H and O–H groups in total. The number of nitrogens with zero attached hydrogens (tertiary/aromatic N) is 3. The van der Waals surface area contributed by atoms with Gasteiger partial charge in [0.2, 0.25) is 5.91 Å². The van der Waals surface area contributed by atoms with Crippen LogP contribution >= 0.6 is 11.3 Å². The number of fused-ring (bicyclic) bond motifs is 3. The number of amides is 4. The molecular weight excluding hydrogens is 452 g/mol. The maximum Gasteiger partial charge on any atom is 0.325 e. The first-order chi connectivity index (χ1) is 16.5. The Morgan fingerprint density at radius 2 is 2.00 bits per heavy atom. The van der Waals surface area contributed by atoms with Gasteiger partial charge in [0.05, 0.1) is 21.8 Å². The molecule has 2 atom stereocenters. The minimum atomic E-state index is -1.17. The molecule has 6 rings (SSSR count). The molecular formula is C25H24N4O4S. The van der Waals surface area contributed by atoms with E-state index in [1.807, 2.05) is 30.3 Å². The van der Waals surface area contributed by atoms with Crippen LogP contribution in [0.4, 0.5) is 4.79 Å². The van der Waals surface area contributed by atoms with Crippen molar-refractivity contribution in [2.75, 3.05) is 26.2 Å². The number of hydrogen-bond acceptors (Lipinski definition) is 6. The first-order valence-electron chi connectivity index (χ1n) is 11.5. The van der Waals surface area contributed by atoms with Gasteiger partial charge in [0.1, 0.15) is 12.3 Å². The van der Waals surface area contributed by atoms with E-state index < -0.39 is 11.6 Å². The number of likely N-dealkylation sites (tertiary alicyclic amines) is 1. The number of ether oxygens (including phenoxy) is 1. The number of nitrogens with one attached hydrogen (secondary N) is 1. The van der Waals surface area contributed by atoms with E-state index in [4.69, 9.17) is 9.72 Å². The number of carbonyl (C=O) groups excluding carboxylic acids is 3. The Kier molecular flexibility index (Phi) is 5.02. The van der Waals surface area contributed by atoms with Gasteiger partial charge in [0, 0.05) is 31.0 Å². The largest absolute Gasteiger partial charge is 0.493 e. The van der Waals surface area contributed by atoms with Crippen LogP contribution in [-0.4, -0.2) is 58.9 Å². The molecule has 2 saturated heterocycles. The zero-order valence-electron chi connectivity index (χ0n) is 18.5. The molecule has 9 heteroatoms. The highest BCUT2D eigenvalue weighted by molar-refractivity contribution is 7.18. The summed E-state index contributed by atoms with van der Waals surface area (Å²) >= 11 is 1.67. The third-order valence-electron chi connectivity index (χ3n) is 6.98. The summed E-state index contributed by atoms with van der Waals surface area (Å²) in [6.07, 6.45) is 2.16. The summed E-state index contributed by atoms with van der Waals surface area (Å²) in [4.78, 5) is 47.1. The number of para-hydroxylation sites is 2. The zero-order valence-corrected chi connectivity index (χ0v) is 19.3. The maximum absolute atomic E-state index is 13.5. The second-order valence-electron chi connectivity index (χ2n) is 9.02. The first-order valence-corrected chi connectivity index (χ1v) is 12.4. The van der Waals surface area contributed by atoms with Crippen LogP contribution in [0.3, 0.4) is 0 Å².